The van der Waals surface area contributed by atoms with Gasteiger partial charge >= 0.3 is 5.97 Å². The van der Waals surface area contributed by atoms with Gasteiger partial charge in [0, 0.05) is 12.5 Å². The summed E-state index contributed by atoms with van der Waals surface area (Å²) in [6.45, 7) is 4.28. The third kappa shape index (κ3) is 6.76. The largest absolute Gasteiger partial charge is 0.481 e. The maximum absolute atomic E-state index is 10.7. The van der Waals surface area contributed by atoms with Crippen molar-refractivity contribution in [1.29, 1.82) is 0 Å². The van der Waals surface area contributed by atoms with Crippen LogP contribution in [0.4, 0.5) is 0 Å². The molecule has 3 atom stereocenters. The van der Waals surface area contributed by atoms with Crippen molar-refractivity contribution in [1.82, 2.24) is 4.90 Å². The van der Waals surface area contributed by atoms with E-state index < -0.39 is 5.97 Å². The van der Waals surface area contributed by atoms with E-state index in [0.29, 0.717) is 12.5 Å². The summed E-state index contributed by atoms with van der Waals surface area (Å²) in [6, 6.07) is 0.368. The molecular formula is C22H38ClNO3. The molecule has 4 nitrogen and oxygen atoms in total. The predicted molar refractivity (Wildman–Crippen MR) is 111 cm³/mol. The summed E-state index contributed by atoms with van der Waals surface area (Å²) in [6.07, 6.45) is 15.8. The zero-order valence-corrected chi connectivity index (χ0v) is 17.7. The molecule has 1 saturated carbocycles. The van der Waals surface area contributed by atoms with E-state index in [0.717, 1.165) is 58.0 Å². The van der Waals surface area contributed by atoms with Crippen molar-refractivity contribution in [2.75, 3.05) is 13.1 Å². The van der Waals surface area contributed by atoms with Gasteiger partial charge in [0.1, 0.15) is 0 Å². The highest BCUT2D eigenvalue weighted by Crippen LogP contribution is 2.48. The van der Waals surface area contributed by atoms with Crippen LogP contribution in [0.5, 0.6) is 0 Å². The summed E-state index contributed by atoms with van der Waals surface area (Å²) in [5.74, 6) is -0.726. The Balaban J connectivity index is 1.69. The van der Waals surface area contributed by atoms with Gasteiger partial charge in [-0.2, -0.15) is 0 Å². The van der Waals surface area contributed by atoms with Crippen LogP contribution < -0.4 is 0 Å². The average molecular weight is 400 g/mol. The number of aliphatic hydroxyl groups is 1. The summed E-state index contributed by atoms with van der Waals surface area (Å²) in [5.41, 5.74) is 0.215. The number of aliphatic hydroxyl groups excluding tert-OH is 1. The number of unbranched alkanes of at least 4 members (excludes halogenated alkanes) is 1. The third-order valence-corrected chi connectivity index (χ3v) is 7.12. The van der Waals surface area contributed by atoms with Crippen LogP contribution in [-0.4, -0.2) is 51.7 Å². The van der Waals surface area contributed by atoms with Crippen molar-refractivity contribution < 1.29 is 15.0 Å². The Labute approximate surface area is 170 Å². The quantitative estimate of drug-likeness (QED) is 0.260. The van der Waals surface area contributed by atoms with Crippen LogP contribution in [0.25, 0.3) is 0 Å². The van der Waals surface area contributed by atoms with Crippen molar-refractivity contribution in [2.45, 2.75) is 101 Å². The number of allylic oxidation sites excluding steroid dienone is 1. The van der Waals surface area contributed by atoms with Crippen molar-refractivity contribution in [2.24, 2.45) is 5.41 Å². The number of alkyl halides is 1. The fraction of sp³-hybridized carbons (Fsp3) is 0.864. The smallest absolute Gasteiger partial charge is 0.303 e. The van der Waals surface area contributed by atoms with Gasteiger partial charge in [0.15, 0.2) is 0 Å². The van der Waals surface area contributed by atoms with Crippen molar-refractivity contribution in [3.8, 4) is 0 Å². The molecule has 0 aromatic rings. The number of likely N-dealkylation sites (tertiary alicyclic amines) is 1. The summed E-state index contributed by atoms with van der Waals surface area (Å²) in [4.78, 5) is 13.0. The van der Waals surface area contributed by atoms with Crippen LogP contribution in [-0.2, 0) is 4.79 Å². The van der Waals surface area contributed by atoms with Gasteiger partial charge in [0.25, 0.3) is 0 Å². The Bertz CT molecular complexity index is 478. The molecule has 0 bridgehead atoms. The van der Waals surface area contributed by atoms with Crippen LogP contribution >= 0.6 is 11.6 Å². The van der Waals surface area contributed by atoms with E-state index in [1.54, 1.807) is 0 Å². The van der Waals surface area contributed by atoms with Crippen molar-refractivity contribution >= 4 is 17.6 Å². The van der Waals surface area contributed by atoms with E-state index in [2.05, 4.69) is 24.0 Å². The number of nitrogens with zero attached hydrogens (tertiary/aromatic N) is 1. The number of carboxylic acid groups (broad SMARTS) is 1. The molecule has 1 saturated heterocycles. The first-order valence-electron chi connectivity index (χ1n) is 10.9. The molecule has 0 spiro atoms. The fourth-order valence-electron chi connectivity index (χ4n) is 4.85. The second-order valence-electron chi connectivity index (χ2n) is 8.53. The lowest BCUT2D eigenvalue weighted by Crippen LogP contribution is -2.42. The molecule has 0 amide bonds. The van der Waals surface area contributed by atoms with Gasteiger partial charge in [-0.1, -0.05) is 31.9 Å². The van der Waals surface area contributed by atoms with Crippen molar-refractivity contribution in [3.63, 3.8) is 0 Å². The highest BCUT2D eigenvalue weighted by molar-refractivity contribution is 6.21. The van der Waals surface area contributed by atoms with E-state index in [1.807, 2.05) is 0 Å². The summed E-state index contributed by atoms with van der Waals surface area (Å²) >= 11 is 6.54. The second kappa shape index (κ2) is 11.4. The van der Waals surface area contributed by atoms with E-state index in [-0.39, 0.29) is 23.3 Å². The van der Waals surface area contributed by atoms with Gasteiger partial charge in [0.05, 0.1) is 11.5 Å². The van der Waals surface area contributed by atoms with E-state index in [4.69, 9.17) is 16.7 Å². The maximum atomic E-state index is 10.7. The van der Waals surface area contributed by atoms with Gasteiger partial charge in [-0.25, -0.2) is 0 Å². The SMILES string of the molecule is CCCC1([C@@H](O)CCCN2CC[C@@H](Cl)[C@@H]2CC=CCCCC(=O)O)CCC1. The number of halogens is 1. The van der Waals surface area contributed by atoms with E-state index >= 15 is 0 Å². The lowest BCUT2D eigenvalue weighted by molar-refractivity contribution is -0.137. The van der Waals surface area contributed by atoms with Gasteiger partial charge < -0.3 is 10.2 Å². The number of hydrogen-bond acceptors (Lipinski definition) is 3. The zero-order valence-electron chi connectivity index (χ0n) is 16.9. The number of carboxylic acids is 1. The fourth-order valence-corrected chi connectivity index (χ4v) is 5.21. The molecule has 0 aromatic heterocycles. The first-order chi connectivity index (χ1) is 13.0. The molecule has 0 radical (unpaired) electrons. The van der Waals surface area contributed by atoms with Gasteiger partial charge in [-0.15, -0.1) is 11.6 Å². The van der Waals surface area contributed by atoms with Gasteiger partial charge in [-0.05, 0) is 76.3 Å². The third-order valence-electron chi connectivity index (χ3n) is 6.61. The molecule has 1 aliphatic heterocycles. The van der Waals surface area contributed by atoms with Crippen LogP contribution in [0.3, 0.4) is 0 Å². The number of aliphatic carboxylic acids is 1. The normalized spacial score (nSPS) is 26.3. The predicted octanol–water partition coefficient (Wildman–Crippen LogP) is 4.98. The van der Waals surface area contributed by atoms with E-state index in [1.165, 1.54) is 19.3 Å². The molecule has 1 aliphatic carbocycles. The maximum Gasteiger partial charge on any atom is 0.303 e. The number of carbonyl (C=O) groups is 1. The molecule has 1 heterocycles. The Kier molecular flexibility index (Phi) is 9.61. The zero-order chi connectivity index (χ0) is 19.7. The Morgan fingerprint density at radius 1 is 1.33 bits per heavy atom. The molecular weight excluding hydrogens is 362 g/mol. The van der Waals surface area contributed by atoms with Crippen LogP contribution in [0, 0.1) is 5.41 Å². The molecule has 2 aliphatic rings. The Morgan fingerprint density at radius 3 is 2.74 bits per heavy atom. The minimum Gasteiger partial charge on any atom is -0.481 e. The minimum absolute atomic E-state index is 0.145. The Morgan fingerprint density at radius 2 is 2.11 bits per heavy atom. The lowest BCUT2D eigenvalue weighted by atomic mass is 9.62. The standard InChI is InChI=1S/C22H38ClNO3/c1-2-13-22(14-8-15-22)20(25)10-7-16-24-17-12-18(23)19(24)9-5-3-4-6-11-21(26)27/h3,5,18-20,25H,2,4,6-17H2,1H3,(H,26,27)/t18-,19+,20+/m1/s1. The number of rotatable bonds is 13. The molecule has 0 unspecified atom stereocenters. The second-order valence-corrected chi connectivity index (χ2v) is 9.09. The average Bonchev–Trinajstić information content (AvgIpc) is 2.94. The molecule has 27 heavy (non-hydrogen) atoms. The summed E-state index contributed by atoms with van der Waals surface area (Å²) in [7, 11) is 0. The molecule has 156 valence electrons. The van der Waals surface area contributed by atoms with E-state index in [9.17, 15) is 9.90 Å². The topological polar surface area (TPSA) is 60.8 Å². The highest BCUT2D eigenvalue weighted by Gasteiger charge is 2.42. The van der Waals surface area contributed by atoms with Crippen LogP contribution in [0.15, 0.2) is 12.2 Å². The van der Waals surface area contributed by atoms with Gasteiger partial charge in [-0.3, -0.25) is 9.69 Å². The summed E-state index contributed by atoms with van der Waals surface area (Å²) < 4.78 is 0. The number of hydrogen-bond donors (Lipinski definition) is 2. The Hall–Kier alpha value is -0.580. The molecule has 2 N–H and O–H groups in total. The van der Waals surface area contributed by atoms with Gasteiger partial charge in [0.2, 0.25) is 0 Å². The highest BCUT2D eigenvalue weighted by atomic mass is 35.5. The minimum atomic E-state index is -0.726. The first-order valence-corrected chi connectivity index (χ1v) is 11.3. The monoisotopic (exact) mass is 399 g/mol. The summed E-state index contributed by atoms with van der Waals surface area (Å²) in [5, 5.41) is 19.6. The molecule has 2 fully saturated rings. The van der Waals surface area contributed by atoms with Crippen LogP contribution in [0.1, 0.15) is 84.0 Å². The first kappa shape index (κ1) is 22.7. The molecule has 2 rings (SSSR count). The lowest BCUT2D eigenvalue weighted by Gasteiger charge is -2.46. The molecule has 5 heteroatoms. The van der Waals surface area contributed by atoms with Crippen molar-refractivity contribution in [3.05, 3.63) is 12.2 Å². The van der Waals surface area contributed by atoms with Crippen LogP contribution in [0.2, 0.25) is 0 Å². The molecule has 0 aromatic carbocycles.